The second kappa shape index (κ2) is 12.3. The van der Waals surface area contributed by atoms with Gasteiger partial charge in [-0.15, -0.1) is 0 Å². The number of rotatable bonds is 11. The molecule has 1 atom stereocenters. The van der Waals surface area contributed by atoms with E-state index in [9.17, 15) is 9.90 Å². The second-order valence-corrected chi connectivity index (χ2v) is 7.56. The first-order valence-corrected chi connectivity index (χ1v) is 10.8. The van der Waals surface area contributed by atoms with Crippen molar-refractivity contribution in [2.75, 3.05) is 51.9 Å². The first-order valence-electron chi connectivity index (χ1n) is 10.8. The Morgan fingerprint density at radius 2 is 1.77 bits per heavy atom. The Bertz CT molecular complexity index is 789. The molecule has 1 saturated heterocycles. The number of benzene rings is 2. The molecule has 0 aromatic heterocycles. The van der Waals surface area contributed by atoms with Crippen LogP contribution in [-0.4, -0.2) is 62.5 Å². The number of nitrogens with one attached hydrogen (secondary N) is 1. The molecule has 1 amide bonds. The van der Waals surface area contributed by atoms with E-state index in [1.165, 1.54) is 0 Å². The summed E-state index contributed by atoms with van der Waals surface area (Å²) in [6, 6.07) is 14.8. The largest absolute Gasteiger partial charge is 0.497 e. The lowest BCUT2D eigenvalue weighted by Gasteiger charge is -2.27. The average Bonchev–Trinajstić information content (AvgIpc) is 2.82. The van der Waals surface area contributed by atoms with E-state index in [0.29, 0.717) is 25.9 Å². The monoisotopic (exact) mass is 428 g/mol. The van der Waals surface area contributed by atoms with Gasteiger partial charge < -0.3 is 24.6 Å². The standard InChI is InChI=1S/C24H32N2O5/c1-29-21-8-10-22(11-9-21)31-16-2-3-24(28)25-20-6-4-19(5-7-20)23(27)12-13-26-14-17-30-18-15-26/h4-11,23,27H,2-3,12-18H2,1H3,(H,25,28). The van der Waals surface area contributed by atoms with E-state index in [-0.39, 0.29) is 5.91 Å². The van der Waals surface area contributed by atoms with Gasteiger partial charge in [0.2, 0.25) is 5.91 Å². The molecule has 1 heterocycles. The predicted octanol–water partition coefficient (Wildman–Crippen LogP) is 3.25. The predicted molar refractivity (Wildman–Crippen MR) is 120 cm³/mol. The van der Waals surface area contributed by atoms with Crippen LogP contribution in [0.5, 0.6) is 11.5 Å². The molecule has 2 N–H and O–H groups in total. The normalized spacial score (nSPS) is 15.3. The molecule has 1 fully saturated rings. The number of anilines is 1. The van der Waals surface area contributed by atoms with Crippen LogP contribution in [0.25, 0.3) is 0 Å². The molecule has 7 nitrogen and oxygen atoms in total. The zero-order valence-electron chi connectivity index (χ0n) is 18.1. The van der Waals surface area contributed by atoms with Gasteiger partial charge in [-0.3, -0.25) is 9.69 Å². The summed E-state index contributed by atoms with van der Waals surface area (Å²) in [5.41, 5.74) is 1.59. The zero-order chi connectivity index (χ0) is 21.9. The molecule has 2 aromatic carbocycles. The summed E-state index contributed by atoms with van der Waals surface area (Å²) in [6.07, 6.45) is 1.17. The molecule has 0 bridgehead atoms. The van der Waals surface area contributed by atoms with Gasteiger partial charge in [0.15, 0.2) is 0 Å². The molecule has 168 valence electrons. The van der Waals surface area contributed by atoms with Crippen LogP contribution in [0, 0.1) is 0 Å². The van der Waals surface area contributed by atoms with Gasteiger partial charge in [0.05, 0.1) is 33.0 Å². The lowest BCUT2D eigenvalue weighted by atomic mass is 10.1. The van der Waals surface area contributed by atoms with Gasteiger partial charge in [0.25, 0.3) is 0 Å². The Morgan fingerprint density at radius 3 is 2.45 bits per heavy atom. The molecular formula is C24H32N2O5. The van der Waals surface area contributed by atoms with E-state index in [1.807, 2.05) is 48.5 Å². The highest BCUT2D eigenvalue weighted by Gasteiger charge is 2.14. The molecule has 7 heteroatoms. The van der Waals surface area contributed by atoms with E-state index in [4.69, 9.17) is 14.2 Å². The summed E-state index contributed by atoms with van der Waals surface area (Å²) in [7, 11) is 1.62. The maximum atomic E-state index is 12.2. The third kappa shape index (κ3) is 7.86. The lowest BCUT2D eigenvalue weighted by molar-refractivity contribution is -0.116. The van der Waals surface area contributed by atoms with E-state index in [1.54, 1.807) is 7.11 Å². The minimum atomic E-state index is -0.511. The van der Waals surface area contributed by atoms with Crippen molar-refractivity contribution in [3.63, 3.8) is 0 Å². The third-order valence-electron chi connectivity index (χ3n) is 5.28. The molecular weight excluding hydrogens is 396 g/mol. The molecule has 1 unspecified atom stereocenters. The highest BCUT2D eigenvalue weighted by atomic mass is 16.5. The van der Waals surface area contributed by atoms with Crippen LogP contribution >= 0.6 is 0 Å². The number of carbonyl (C=O) groups is 1. The SMILES string of the molecule is COc1ccc(OCCCC(=O)Nc2ccc(C(O)CCN3CCOCC3)cc2)cc1. The summed E-state index contributed by atoms with van der Waals surface area (Å²) >= 11 is 0. The first kappa shape index (κ1) is 23.1. The second-order valence-electron chi connectivity index (χ2n) is 7.56. The molecule has 1 aliphatic heterocycles. The quantitative estimate of drug-likeness (QED) is 0.535. The number of aliphatic hydroxyl groups excluding tert-OH is 1. The fourth-order valence-electron chi connectivity index (χ4n) is 3.40. The molecule has 2 aromatic rings. The van der Waals surface area contributed by atoms with Crippen molar-refractivity contribution < 1.29 is 24.1 Å². The van der Waals surface area contributed by atoms with Crippen molar-refractivity contribution in [1.29, 1.82) is 0 Å². The van der Waals surface area contributed by atoms with Crippen LogP contribution in [0.4, 0.5) is 5.69 Å². The highest BCUT2D eigenvalue weighted by Crippen LogP contribution is 2.20. The lowest BCUT2D eigenvalue weighted by Crippen LogP contribution is -2.37. The summed E-state index contributed by atoms with van der Waals surface area (Å²) in [4.78, 5) is 14.5. The highest BCUT2D eigenvalue weighted by molar-refractivity contribution is 5.90. The summed E-state index contributed by atoms with van der Waals surface area (Å²) < 4.78 is 16.1. The van der Waals surface area contributed by atoms with Gasteiger partial charge in [0, 0.05) is 31.7 Å². The summed E-state index contributed by atoms with van der Waals surface area (Å²) in [6.45, 7) is 4.68. The van der Waals surface area contributed by atoms with Gasteiger partial charge in [-0.1, -0.05) is 12.1 Å². The Hall–Kier alpha value is -2.61. The van der Waals surface area contributed by atoms with E-state index >= 15 is 0 Å². The van der Waals surface area contributed by atoms with Crippen LogP contribution in [0.1, 0.15) is 30.9 Å². The minimum Gasteiger partial charge on any atom is -0.497 e. The number of amides is 1. The number of morpholine rings is 1. The number of aliphatic hydroxyl groups is 1. The fourth-order valence-corrected chi connectivity index (χ4v) is 3.40. The molecule has 3 rings (SSSR count). The Balaban J connectivity index is 1.34. The third-order valence-corrected chi connectivity index (χ3v) is 5.28. The molecule has 1 aliphatic rings. The summed E-state index contributed by atoms with van der Waals surface area (Å²) in [5.74, 6) is 1.48. The van der Waals surface area contributed by atoms with Crippen molar-refractivity contribution in [2.45, 2.75) is 25.4 Å². The molecule has 0 radical (unpaired) electrons. The summed E-state index contributed by atoms with van der Waals surface area (Å²) in [5, 5.41) is 13.3. The number of carbonyl (C=O) groups excluding carboxylic acids is 1. The molecule has 0 aliphatic carbocycles. The average molecular weight is 429 g/mol. The van der Waals surface area contributed by atoms with Gasteiger partial charge in [-0.2, -0.15) is 0 Å². The maximum Gasteiger partial charge on any atom is 0.224 e. The Kier molecular flexibility index (Phi) is 9.15. The van der Waals surface area contributed by atoms with Gasteiger partial charge in [-0.25, -0.2) is 0 Å². The topological polar surface area (TPSA) is 80.3 Å². The van der Waals surface area contributed by atoms with Gasteiger partial charge >= 0.3 is 0 Å². The Morgan fingerprint density at radius 1 is 1.10 bits per heavy atom. The molecule has 0 spiro atoms. The van der Waals surface area contributed by atoms with Crippen molar-refractivity contribution in [3.8, 4) is 11.5 Å². The van der Waals surface area contributed by atoms with Crippen molar-refractivity contribution in [1.82, 2.24) is 4.90 Å². The Labute approximate surface area is 183 Å². The van der Waals surface area contributed by atoms with Crippen LogP contribution in [0.15, 0.2) is 48.5 Å². The number of hydrogen-bond acceptors (Lipinski definition) is 6. The van der Waals surface area contributed by atoms with Crippen molar-refractivity contribution in [3.05, 3.63) is 54.1 Å². The van der Waals surface area contributed by atoms with Crippen LogP contribution < -0.4 is 14.8 Å². The maximum absolute atomic E-state index is 12.2. The number of methoxy groups -OCH3 is 1. The van der Waals surface area contributed by atoms with E-state index < -0.39 is 6.10 Å². The van der Waals surface area contributed by atoms with Crippen molar-refractivity contribution >= 4 is 11.6 Å². The van der Waals surface area contributed by atoms with Gasteiger partial charge in [-0.05, 0) is 54.8 Å². The van der Waals surface area contributed by atoms with Gasteiger partial charge in [0.1, 0.15) is 11.5 Å². The smallest absolute Gasteiger partial charge is 0.224 e. The first-order chi connectivity index (χ1) is 15.1. The number of hydrogen-bond donors (Lipinski definition) is 2. The minimum absolute atomic E-state index is 0.0565. The molecule has 31 heavy (non-hydrogen) atoms. The van der Waals surface area contributed by atoms with Crippen molar-refractivity contribution in [2.24, 2.45) is 0 Å². The van der Waals surface area contributed by atoms with Crippen LogP contribution in [0.3, 0.4) is 0 Å². The number of nitrogens with zero attached hydrogens (tertiary/aromatic N) is 1. The van der Waals surface area contributed by atoms with Crippen LogP contribution in [0.2, 0.25) is 0 Å². The van der Waals surface area contributed by atoms with E-state index in [2.05, 4.69) is 10.2 Å². The molecule has 0 saturated carbocycles. The zero-order valence-corrected chi connectivity index (χ0v) is 18.1. The number of ether oxygens (including phenoxy) is 3. The van der Waals surface area contributed by atoms with E-state index in [0.717, 1.165) is 55.6 Å². The van der Waals surface area contributed by atoms with Crippen LogP contribution in [-0.2, 0) is 9.53 Å². The fraction of sp³-hybridized carbons (Fsp3) is 0.458.